The number of nitrogens with zero attached hydrogens (tertiary/aromatic N) is 19. The van der Waals surface area contributed by atoms with Crippen LogP contribution in [-0.4, -0.2) is 241 Å². The lowest BCUT2D eigenvalue weighted by Crippen LogP contribution is -2.55. The van der Waals surface area contributed by atoms with Gasteiger partial charge in [0.05, 0.1) is 84.5 Å². The highest BCUT2D eigenvalue weighted by atomic mass is 35.5. The van der Waals surface area contributed by atoms with Crippen LogP contribution in [0.25, 0.3) is 120 Å². The molecule has 0 saturated carbocycles. The van der Waals surface area contributed by atoms with Crippen LogP contribution >= 0.6 is 58.0 Å². The number of hydrogen-bond donors (Lipinski definition) is 3. The number of pyridine rings is 1. The average Bonchev–Trinajstić information content (AvgIpc) is 1.60. The molecule has 0 spiro atoms. The van der Waals surface area contributed by atoms with E-state index in [9.17, 15) is 47.8 Å². The second kappa shape index (κ2) is 42.7. The van der Waals surface area contributed by atoms with Crippen molar-refractivity contribution in [1.82, 2.24) is 74.7 Å². The summed E-state index contributed by atoms with van der Waals surface area (Å²) in [6.07, 6.45) is 4.14. The van der Waals surface area contributed by atoms with Gasteiger partial charge in [-0.25, -0.2) is 26.3 Å². The van der Waals surface area contributed by atoms with Gasteiger partial charge in [-0.3, -0.25) is 24.3 Å². The quantitative estimate of drug-likeness (QED) is 0.0408. The lowest BCUT2D eigenvalue weighted by molar-refractivity contribution is -0.129. The Hall–Kier alpha value is -15.9. The first kappa shape index (κ1) is 101. The van der Waals surface area contributed by atoms with Gasteiger partial charge in [-0.05, 0) is 122 Å². The number of nitriles is 1. The fraction of sp³-hybridized carbons (Fsp3) is 0.214. The number of carbonyl (C=O) groups excluding carboxylic acids is 4. The molecule has 42 heteroatoms. The van der Waals surface area contributed by atoms with Crippen molar-refractivity contribution in [1.29, 1.82) is 5.26 Å². The van der Waals surface area contributed by atoms with Gasteiger partial charge >= 0.3 is 24.0 Å². The fourth-order valence-electron chi connectivity index (χ4n) is 18.2. The molecule has 31 nitrogen and oxygen atoms in total. The molecule has 10 aromatic carbocycles. The number of aryl methyl sites for hydroxylation is 1. The van der Waals surface area contributed by atoms with Crippen molar-refractivity contribution in [2.24, 2.45) is 0 Å². The second-order valence-corrected chi connectivity index (χ2v) is 35.5. The average molecular weight is 2070 g/mol. The highest BCUT2D eigenvalue weighted by molar-refractivity contribution is 6.37. The van der Waals surface area contributed by atoms with Crippen molar-refractivity contribution < 1.29 is 79.4 Å². The van der Waals surface area contributed by atoms with E-state index in [1.165, 1.54) is 74.8 Å². The Bertz CT molecular complexity index is 7800. The van der Waals surface area contributed by atoms with Gasteiger partial charge in [0, 0.05) is 137 Å². The topological polar surface area (TPSA) is 349 Å². The van der Waals surface area contributed by atoms with Crippen molar-refractivity contribution in [3.63, 3.8) is 0 Å². The Balaban J connectivity index is 0.000000132. The molecule has 0 aliphatic carbocycles. The maximum Gasteiger partial charge on any atom is 0.318 e. The minimum Gasteiger partial charge on any atom is -0.508 e. The summed E-state index contributed by atoms with van der Waals surface area (Å²) in [6.45, 7) is 20.6. The number of aromatic amines is 1. The molecule has 145 heavy (non-hydrogen) atoms. The van der Waals surface area contributed by atoms with E-state index in [1.54, 1.807) is 46.2 Å². The number of aromatic hydroxyl groups is 2. The number of ether oxygens (including phenoxy) is 5. The lowest BCUT2D eigenvalue weighted by Gasteiger charge is -2.41. The summed E-state index contributed by atoms with van der Waals surface area (Å²) in [7, 11) is 5.62. The molecule has 1 atom stereocenters. The lowest BCUT2D eigenvalue weighted by atomic mass is 9.94. The van der Waals surface area contributed by atoms with Crippen LogP contribution in [-0.2, 0) is 19.2 Å². The predicted molar refractivity (Wildman–Crippen MR) is 545 cm³/mol. The van der Waals surface area contributed by atoms with Crippen LogP contribution in [0.2, 0.25) is 25.2 Å². The van der Waals surface area contributed by atoms with E-state index in [0.717, 1.165) is 27.1 Å². The molecule has 10 heterocycles. The number of hydrogen-bond acceptors (Lipinski definition) is 26. The monoisotopic (exact) mass is 2070 g/mol. The summed E-state index contributed by atoms with van der Waals surface area (Å²) < 4.78 is 117. The Kier molecular flexibility index (Phi) is 29.7. The van der Waals surface area contributed by atoms with Crippen molar-refractivity contribution in [3.05, 3.63) is 250 Å². The van der Waals surface area contributed by atoms with Gasteiger partial charge in [0.2, 0.25) is 17.7 Å². The molecule has 0 radical (unpaired) electrons. The van der Waals surface area contributed by atoms with Crippen LogP contribution in [0.1, 0.15) is 12.0 Å². The summed E-state index contributed by atoms with van der Waals surface area (Å²) in [5.41, 5.74) is 3.75. The van der Waals surface area contributed by atoms with E-state index in [-0.39, 0.29) is 162 Å². The molecule has 0 bridgehead atoms. The van der Waals surface area contributed by atoms with Crippen LogP contribution in [0.4, 0.5) is 49.6 Å². The molecular formula is C103H85Cl5F6N20O11. The smallest absolute Gasteiger partial charge is 0.318 e. The minimum absolute atomic E-state index is 0.000633. The number of nitrogens with one attached hydrogen (secondary N) is 1. The van der Waals surface area contributed by atoms with E-state index in [4.69, 9.17) is 81.7 Å². The minimum atomic E-state index is -1.02. The highest BCUT2D eigenvalue weighted by Crippen LogP contribution is 2.49. The number of phenolic OH excluding ortho intramolecular Hbond substituents is 2. The molecule has 3 N–H and O–H groups in total. The first-order valence-corrected chi connectivity index (χ1v) is 46.8. The second-order valence-electron chi connectivity index (χ2n) is 33.5. The van der Waals surface area contributed by atoms with Crippen LogP contribution in [0.5, 0.6) is 47.2 Å². The number of benzene rings is 10. The summed E-state index contributed by atoms with van der Waals surface area (Å²) in [5, 5.41) is 43.8. The standard InChI is InChI=1S/C29H25ClFN5O2.2C26H21ClF2N4O3.C22H18Cl2FN7O3/c1-4-23(37)36-14-13-35(16-19(36)11-12-32)28-21-15-22(30)25(26(31)27(21)33-29(34-28)38-3)20-10-6-9-18-8-5-7-17(2)24(18)20;2*1-14(28)25(35)33-9-7-32(8-10-33)24-19-13-20(27)21(22(29)23(19)30-26(31-24)36-2)18-12-16(34)11-15-5-3-4-6-17(15)18;1-3-16(33)31-4-6-32(7-5-31)20-11-8-15(23)27-21(18(11)28-22(29-20)34-2)35-19-12-10-26-30-14(12)9-13(25)17(19)24/h4-10,15,19H,1,11,13-14,16H2,2-3H3;2*3-6,11-13,34H,1,7-10H2,2H3;3,8-10H,1,4-7H2,2H3,(H,26,30)/t19-;;;/m0.../s1. The van der Waals surface area contributed by atoms with Gasteiger partial charge in [-0.15, -0.1) is 0 Å². The number of rotatable bonds is 18. The molecule has 4 amide bonds. The van der Waals surface area contributed by atoms with E-state index in [1.807, 2.05) is 111 Å². The molecule has 4 saturated heterocycles. The van der Waals surface area contributed by atoms with Gasteiger partial charge in [0.1, 0.15) is 72.8 Å². The molecule has 4 fully saturated rings. The van der Waals surface area contributed by atoms with E-state index < -0.39 is 46.7 Å². The third kappa shape index (κ3) is 20.1. The van der Waals surface area contributed by atoms with Gasteiger partial charge in [-0.1, -0.05) is 169 Å². The van der Waals surface area contributed by atoms with Gasteiger partial charge in [0.15, 0.2) is 34.9 Å². The molecule has 740 valence electrons. The highest BCUT2D eigenvalue weighted by Gasteiger charge is 2.37. The number of amides is 4. The van der Waals surface area contributed by atoms with Gasteiger partial charge < -0.3 is 73.1 Å². The SMILES string of the molecule is C=C(F)C(=O)N1CCN(c2nc(OC)nc3c(F)c(-c4cc(O)cc5ccccc45)c(Cl)cc23)CC1.C=C(F)C(=O)N1CCN(c2nc(OC)nc3c(F)c(-c4cc(O)cc5ccccc45)c(Cl)cc23)CC1.C=CC(=O)N1CCN(c2nc(OC)nc3c(F)c(-c4cccc5cccc(C)c45)c(Cl)cc23)C[C@@H]1CC#N.C=CC(=O)N1CCN(c2nc(OC)nc3c(Oc4c(Cl)c(F)cc5[nH]ncc45)nc(Cl)cc23)CC1. The Morgan fingerprint density at radius 1 is 0.469 bits per heavy atom. The normalized spacial score (nSPS) is 14.3. The molecule has 4 aliphatic rings. The zero-order valence-electron chi connectivity index (χ0n) is 78.0. The summed E-state index contributed by atoms with van der Waals surface area (Å²) in [6, 6.07) is 41.8. The Morgan fingerprint density at radius 2 is 0.876 bits per heavy atom. The number of fused-ring (bicyclic) bond motifs is 8. The first-order chi connectivity index (χ1) is 69.8. The van der Waals surface area contributed by atoms with E-state index >= 15 is 13.2 Å². The molecule has 0 unspecified atom stereocenters. The number of phenols is 2. The Labute approximate surface area is 847 Å². The maximum absolute atomic E-state index is 16.4. The first-order valence-electron chi connectivity index (χ1n) is 44.9. The van der Waals surface area contributed by atoms with Gasteiger partial charge in [0.25, 0.3) is 11.8 Å². The number of methoxy groups -OCH3 is 4. The van der Waals surface area contributed by atoms with Crippen LogP contribution in [0.3, 0.4) is 0 Å². The maximum atomic E-state index is 16.4. The number of aromatic nitrogens is 11. The zero-order valence-corrected chi connectivity index (χ0v) is 81.7. The predicted octanol–water partition coefficient (Wildman–Crippen LogP) is 19.8. The number of anilines is 4. The largest absolute Gasteiger partial charge is 0.508 e. The summed E-state index contributed by atoms with van der Waals surface area (Å²) in [4.78, 5) is 101. The van der Waals surface area contributed by atoms with Crippen molar-refractivity contribution >= 4 is 192 Å². The molecule has 4 aliphatic heterocycles. The third-order valence-electron chi connectivity index (χ3n) is 25.1. The Morgan fingerprint density at radius 3 is 1.32 bits per heavy atom. The van der Waals surface area contributed by atoms with Gasteiger partial charge in [-0.2, -0.15) is 55.2 Å². The van der Waals surface area contributed by atoms with E-state index in [2.05, 4.69) is 87.4 Å². The zero-order chi connectivity index (χ0) is 103. The fourth-order valence-corrected chi connectivity index (χ4v) is 19.4. The number of carbonyl (C=O) groups is 4. The van der Waals surface area contributed by atoms with Crippen molar-refractivity contribution in [2.45, 2.75) is 19.4 Å². The van der Waals surface area contributed by atoms with E-state index in [0.29, 0.717) is 155 Å². The summed E-state index contributed by atoms with van der Waals surface area (Å²) in [5.74, 6) is -4.83. The molecule has 6 aromatic heterocycles. The molecule has 20 rings (SSSR count). The number of H-pyrrole nitrogens is 1. The number of piperazine rings is 4. The third-order valence-corrected chi connectivity index (χ3v) is 26.5. The van der Waals surface area contributed by atoms with Crippen molar-refractivity contribution in [3.8, 4) is 86.6 Å². The van der Waals surface area contributed by atoms with Crippen LogP contribution in [0.15, 0.2) is 196 Å². The van der Waals surface area contributed by atoms with Crippen LogP contribution < -0.4 is 43.3 Å². The van der Waals surface area contributed by atoms with Crippen LogP contribution in [0, 0.1) is 41.5 Å². The molecule has 16 aromatic rings. The molecular weight excluding hydrogens is 1980 g/mol. The summed E-state index contributed by atoms with van der Waals surface area (Å²) >= 11 is 32.7. The number of halogens is 11. The van der Waals surface area contributed by atoms with Crippen molar-refractivity contribution in [2.75, 3.05) is 146 Å².